The first-order valence-electron chi connectivity index (χ1n) is 9.71. The molecule has 2 aliphatic heterocycles. The SMILES string of the molecule is O=C(Cc1c[nH]c2ccccc12)N1C2CCC1CC(Oc1ccncc1)C2. The van der Waals surface area contributed by atoms with Gasteiger partial charge in [-0.3, -0.25) is 9.78 Å². The van der Waals surface area contributed by atoms with E-state index in [4.69, 9.17) is 4.74 Å². The fourth-order valence-electron chi connectivity index (χ4n) is 4.77. The van der Waals surface area contributed by atoms with Crippen LogP contribution in [-0.4, -0.2) is 39.0 Å². The fourth-order valence-corrected chi connectivity index (χ4v) is 4.77. The van der Waals surface area contributed by atoms with Gasteiger partial charge in [0.25, 0.3) is 0 Å². The van der Waals surface area contributed by atoms with E-state index in [9.17, 15) is 4.79 Å². The summed E-state index contributed by atoms with van der Waals surface area (Å²) in [7, 11) is 0. The number of ether oxygens (including phenoxy) is 1. The number of fused-ring (bicyclic) bond motifs is 3. The number of nitrogens with one attached hydrogen (secondary N) is 1. The van der Waals surface area contributed by atoms with Crippen molar-refractivity contribution in [3.05, 3.63) is 60.6 Å². The maximum absolute atomic E-state index is 13.1. The number of aromatic nitrogens is 2. The molecule has 1 aromatic carbocycles. The topological polar surface area (TPSA) is 58.2 Å². The number of piperidine rings is 1. The first kappa shape index (κ1) is 16.4. The Bertz CT molecular complexity index is 938. The van der Waals surface area contributed by atoms with Crippen molar-refractivity contribution in [3.8, 4) is 5.75 Å². The molecule has 2 atom stereocenters. The van der Waals surface area contributed by atoms with Gasteiger partial charge in [0.1, 0.15) is 11.9 Å². The maximum Gasteiger partial charge on any atom is 0.227 e. The summed E-state index contributed by atoms with van der Waals surface area (Å²) in [5, 5.41) is 1.15. The van der Waals surface area contributed by atoms with Crippen LogP contribution in [0.4, 0.5) is 0 Å². The summed E-state index contributed by atoms with van der Waals surface area (Å²) in [6.07, 6.45) is 10.1. The molecule has 1 N–H and O–H groups in total. The molecule has 2 aromatic heterocycles. The minimum Gasteiger partial charge on any atom is -0.490 e. The summed E-state index contributed by atoms with van der Waals surface area (Å²) in [5.74, 6) is 1.11. The lowest BCUT2D eigenvalue weighted by Crippen LogP contribution is -2.49. The lowest BCUT2D eigenvalue weighted by Gasteiger charge is -2.39. The highest BCUT2D eigenvalue weighted by Gasteiger charge is 2.43. The molecule has 4 heterocycles. The Balaban J connectivity index is 1.28. The van der Waals surface area contributed by atoms with Crippen molar-refractivity contribution in [2.75, 3.05) is 0 Å². The predicted octanol–water partition coefficient (Wildman–Crippen LogP) is 3.71. The zero-order valence-corrected chi connectivity index (χ0v) is 15.2. The van der Waals surface area contributed by atoms with Crippen molar-refractivity contribution in [1.82, 2.24) is 14.9 Å². The standard InChI is InChI=1S/C22H23N3O2/c26-22(11-15-14-24-21-4-2-1-3-20(15)21)25-16-5-6-17(25)13-19(12-16)27-18-7-9-23-10-8-18/h1-4,7-10,14,16-17,19,24H,5-6,11-13H2. The molecule has 27 heavy (non-hydrogen) atoms. The molecule has 0 saturated carbocycles. The van der Waals surface area contributed by atoms with Crippen LogP contribution in [0.3, 0.4) is 0 Å². The lowest BCUT2D eigenvalue weighted by atomic mass is 9.98. The van der Waals surface area contributed by atoms with Gasteiger partial charge in [-0.25, -0.2) is 0 Å². The number of amides is 1. The molecule has 5 nitrogen and oxygen atoms in total. The van der Waals surface area contributed by atoms with E-state index in [1.54, 1.807) is 12.4 Å². The van der Waals surface area contributed by atoms with Crippen molar-refractivity contribution in [3.63, 3.8) is 0 Å². The number of hydrogen-bond acceptors (Lipinski definition) is 3. The Morgan fingerprint density at radius 2 is 1.85 bits per heavy atom. The van der Waals surface area contributed by atoms with E-state index in [2.05, 4.69) is 27.0 Å². The monoisotopic (exact) mass is 361 g/mol. The van der Waals surface area contributed by atoms with Crippen molar-refractivity contribution in [1.29, 1.82) is 0 Å². The molecular formula is C22H23N3O2. The van der Waals surface area contributed by atoms with Crippen LogP contribution in [0.2, 0.25) is 0 Å². The van der Waals surface area contributed by atoms with E-state index in [0.29, 0.717) is 18.5 Å². The molecule has 5 heteroatoms. The van der Waals surface area contributed by atoms with E-state index in [1.165, 1.54) is 0 Å². The number of para-hydroxylation sites is 1. The number of rotatable bonds is 4. The number of pyridine rings is 1. The number of carbonyl (C=O) groups is 1. The van der Waals surface area contributed by atoms with Gasteiger partial charge in [0, 0.05) is 54.4 Å². The van der Waals surface area contributed by atoms with E-state index < -0.39 is 0 Å². The summed E-state index contributed by atoms with van der Waals surface area (Å²) in [6, 6.07) is 12.6. The minimum atomic E-state index is 0.182. The smallest absolute Gasteiger partial charge is 0.227 e. The van der Waals surface area contributed by atoms with Crippen molar-refractivity contribution < 1.29 is 9.53 Å². The second-order valence-corrected chi connectivity index (χ2v) is 7.62. The molecule has 1 amide bonds. The molecule has 3 aromatic rings. The average molecular weight is 361 g/mol. The molecule has 2 unspecified atom stereocenters. The molecule has 2 fully saturated rings. The predicted molar refractivity (Wildman–Crippen MR) is 104 cm³/mol. The van der Waals surface area contributed by atoms with E-state index >= 15 is 0 Å². The molecule has 2 saturated heterocycles. The van der Waals surface area contributed by atoms with Crippen LogP contribution in [0.25, 0.3) is 10.9 Å². The summed E-state index contributed by atoms with van der Waals surface area (Å²) in [6.45, 7) is 0. The van der Waals surface area contributed by atoms with Gasteiger partial charge < -0.3 is 14.6 Å². The van der Waals surface area contributed by atoms with Crippen LogP contribution >= 0.6 is 0 Å². The second kappa shape index (κ2) is 6.72. The Labute approximate surface area is 158 Å². The third-order valence-electron chi connectivity index (χ3n) is 5.95. The molecule has 138 valence electrons. The zero-order chi connectivity index (χ0) is 18.2. The second-order valence-electron chi connectivity index (χ2n) is 7.62. The largest absolute Gasteiger partial charge is 0.490 e. The zero-order valence-electron chi connectivity index (χ0n) is 15.2. The number of hydrogen-bond donors (Lipinski definition) is 1. The summed E-state index contributed by atoms with van der Waals surface area (Å²) >= 11 is 0. The minimum absolute atomic E-state index is 0.182. The van der Waals surface area contributed by atoms with Crippen LogP contribution in [0, 0.1) is 0 Å². The molecule has 0 radical (unpaired) electrons. The Morgan fingerprint density at radius 3 is 2.63 bits per heavy atom. The van der Waals surface area contributed by atoms with Crippen molar-refractivity contribution >= 4 is 16.8 Å². The van der Waals surface area contributed by atoms with Crippen LogP contribution in [0.1, 0.15) is 31.2 Å². The van der Waals surface area contributed by atoms with Crippen LogP contribution < -0.4 is 4.74 Å². The van der Waals surface area contributed by atoms with Gasteiger partial charge in [0.2, 0.25) is 5.91 Å². The third-order valence-corrected chi connectivity index (χ3v) is 5.95. The molecule has 5 rings (SSSR count). The Hall–Kier alpha value is -2.82. The van der Waals surface area contributed by atoms with Crippen LogP contribution in [0.15, 0.2) is 55.0 Å². The van der Waals surface area contributed by atoms with Crippen molar-refractivity contribution in [2.45, 2.75) is 50.3 Å². The lowest BCUT2D eigenvalue weighted by molar-refractivity contribution is -0.136. The molecule has 0 aliphatic carbocycles. The first-order chi connectivity index (χ1) is 13.3. The molecular weight excluding hydrogens is 338 g/mol. The third kappa shape index (κ3) is 3.07. The Kier molecular flexibility index (Phi) is 4.07. The number of benzene rings is 1. The molecule has 2 aliphatic rings. The van der Waals surface area contributed by atoms with Gasteiger partial charge in [-0.2, -0.15) is 0 Å². The fraction of sp³-hybridized carbons (Fsp3) is 0.364. The van der Waals surface area contributed by atoms with Gasteiger partial charge in [0.15, 0.2) is 0 Å². The average Bonchev–Trinajstić information content (AvgIpc) is 3.21. The van der Waals surface area contributed by atoms with Gasteiger partial charge in [-0.05, 0) is 36.6 Å². The maximum atomic E-state index is 13.1. The normalized spacial score (nSPS) is 24.3. The van der Waals surface area contributed by atoms with Gasteiger partial charge in [-0.15, -0.1) is 0 Å². The number of carbonyl (C=O) groups excluding carboxylic acids is 1. The van der Waals surface area contributed by atoms with Crippen molar-refractivity contribution in [2.24, 2.45) is 0 Å². The van der Waals surface area contributed by atoms with Gasteiger partial charge in [0.05, 0.1) is 6.42 Å². The molecule has 0 spiro atoms. The molecule has 2 bridgehead atoms. The van der Waals surface area contributed by atoms with Crippen LogP contribution in [0.5, 0.6) is 5.75 Å². The van der Waals surface area contributed by atoms with Gasteiger partial charge >= 0.3 is 0 Å². The quantitative estimate of drug-likeness (QED) is 0.771. The highest BCUT2D eigenvalue weighted by Crippen LogP contribution is 2.38. The number of aromatic amines is 1. The Morgan fingerprint density at radius 1 is 1.11 bits per heavy atom. The van der Waals surface area contributed by atoms with Crippen LogP contribution in [-0.2, 0) is 11.2 Å². The highest BCUT2D eigenvalue weighted by atomic mass is 16.5. The number of H-pyrrole nitrogens is 1. The van der Waals surface area contributed by atoms with E-state index in [1.807, 2.05) is 30.5 Å². The highest BCUT2D eigenvalue weighted by molar-refractivity contribution is 5.89. The first-order valence-corrected chi connectivity index (χ1v) is 9.71. The van der Waals surface area contributed by atoms with E-state index in [0.717, 1.165) is 47.9 Å². The summed E-state index contributed by atoms with van der Waals surface area (Å²) < 4.78 is 6.14. The van der Waals surface area contributed by atoms with E-state index in [-0.39, 0.29) is 12.0 Å². The summed E-state index contributed by atoms with van der Waals surface area (Å²) in [5.41, 5.74) is 2.18. The van der Waals surface area contributed by atoms with Gasteiger partial charge in [-0.1, -0.05) is 18.2 Å². The summed E-state index contributed by atoms with van der Waals surface area (Å²) in [4.78, 5) is 22.6. The number of nitrogens with zero attached hydrogens (tertiary/aromatic N) is 2.